The first-order chi connectivity index (χ1) is 22.9. The van der Waals surface area contributed by atoms with Gasteiger partial charge < -0.3 is 15.5 Å². The van der Waals surface area contributed by atoms with Gasteiger partial charge in [-0.25, -0.2) is 0 Å². The van der Waals surface area contributed by atoms with E-state index >= 15 is 0 Å². The lowest BCUT2D eigenvalue weighted by atomic mass is 9.81. The van der Waals surface area contributed by atoms with Crippen molar-refractivity contribution in [1.29, 1.82) is 0 Å². The summed E-state index contributed by atoms with van der Waals surface area (Å²) in [6.45, 7) is 10.4. The van der Waals surface area contributed by atoms with E-state index in [0.717, 1.165) is 66.1 Å². The van der Waals surface area contributed by atoms with Gasteiger partial charge in [0.15, 0.2) is 5.71 Å². The van der Waals surface area contributed by atoms with Gasteiger partial charge in [-0.05, 0) is 68.7 Å². The SMILES string of the molecule is C[NH2+]CCCNC(=O)CCCCCN1C(=CC=CC=CC2=[N+](C)c3ccc(S(=O)(=O)O)cc3C2(C)C)C(C)(C)c2cc(S(=O)(=O)O)ccc21. The first-order valence-electron chi connectivity index (χ1n) is 16.6. The van der Waals surface area contributed by atoms with Crippen LogP contribution < -0.4 is 15.5 Å². The molecule has 0 fully saturated rings. The highest BCUT2D eigenvalue weighted by atomic mass is 32.2. The van der Waals surface area contributed by atoms with Crippen molar-refractivity contribution >= 4 is 43.2 Å². The number of fused-ring (bicyclic) bond motifs is 2. The van der Waals surface area contributed by atoms with Crippen molar-refractivity contribution in [3.8, 4) is 0 Å². The summed E-state index contributed by atoms with van der Waals surface area (Å²) in [6.07, 6.45) is 13.6. The Hall–Kier alpha value is -3.62. The third-order valence-electron chi connectivity index (χ3n) is 9.47. The standard InChI is InChI=1S/C36H48N4O7S2/c1-35(2)28-24-26(48(42,43)44)17-19-30(28)39(6)32(35)14-9-7-10-15-33-36(3,4)29-25-27(49(45,46)47)18-20-31(29)40(33)23-12-8-11-16-34(41)38-22-13-21-37-5/h7,9-10,14-15,17-20,24-25,37H,8,11-13,16,21-23H2,1-6H3,(H2-,38,41,42,43,44,45,46,47)/p+2. The number of carbonyl (C=O) groups excluding carboxylic acids is 1. The van der Waals surface area contributed by atoms with Crippen LogP contribution in [0.4, 0.5) is 11.4 Å². The quantitative estimate of drug-likeness (QED) is 0.0923. The van der Waals surface area contributed by atoms with Gasteiger partial charge in [-0.3, -0.25) is 13.9 Å². The highest BCUT2D eigenvalue weighted by molar-refractivity contribution is 7.86. The molecule has 13 heteroatoms. The molecule has 2 aliphatic rings. The maximum absolute atomic E-state index is 12.2. The van der Waals surface area contributed by atoms with Gasteiger partial charge in [-0.15, -0.1) is 0 Å². The zero-order chi connectivity index (χ0) is 36.2. The lowest BCUT2D eigenvalue weighted by Crippen LogP contribution is -2.79. The van der Waals surface area contributed by atoms with Gasteiger partial charge in [-0.2, -0.15) is 21.4 Å². The van der Waals surface area contributed by atoms with Crippen molar-refractivity contribution in [1.82, 2.24) is 5.32 Å². The molecule has 0 saturated heterocycles. The minimum absolute atomic E-state index is 0.0670. The summed E-state index contributed by atoms with van der Waals surface area (Å²) in [4.78, 5) is 14.1. The van der Waals surface area contributed by atoms with Crippen LogP contribution in [0.5, 0.6) is 0 Å². The van der Waals surface area contributed by atoms with Crippen molar-refractivity contribution in [3.63, 3.8) is 0 Å². The van der Waals surface area contributed by atoms with Crippen molar-refractivity contribution in [2.75, 3.05) is 38.6 Å². The Bertz CT molecular complexity index is 1930. The molecule has 11 nitrogen and oxygen atoms in total. The highest BCUT2D eigenvalue weighted by Gasteiger charge is 2.44. The number of quaternary nitrogens is 1. The summed E-state index contributed by atoms with van der Waals surface area (Å²) in [6, 6.07) is 9.33. The number of nitrogens with two attached hydrogens (primary N) is 1. The first kappa shape index (κ1) is 38.2. The molecular formula is C36H50N4O7S2+2. The number of carbonyl (C=O) groups is 1. The molecule has 4 rings (SSSR count). The summed E-state index contributed by atoms with van der Waals surface area (Å²) in [5, 5.41) is 5.06. The fraction of sp³-hybridized carbons (Fsp3) is 0.444. The van der Waals surface area contributed by atoms with Crippen LogP contribution in [0.2, 0.25) is 0 Å². The molecule has 266 valence electrons. The van der Waals surface area contributed by atoms with Gasteiger partial charge in [0.05, 0.1) is 28.8 Å². The topological polar surface area (TPSA) is 161 Å². The van der Waals surface area contributed by atoms with Gasteiger partial charge in [0, 0.05) is 60.4 Å². The molecular weight excluding hydrogens is 665 g/mol. The Kier molecular flexibility index (Phi) is 11.8. The number of anilines is 1. The van der Waals surface area contributed by atoms with Gasteiger partial charge in [0.1, 0.15) is 7.05 Å². The molecule has 0 aliphatic carbocycles. The molecule has 5 N–H and O–H groups in total. The van der Waals surface area contributed by atoms with E-state index in [1.807, 2.05) is 76.7 Å². The molecule has 0 radical (unpaired) electrons. The molecule has 0 spiro atoms. The van der Waals surface area contributed by atoms with Crippen LogP contribution in [0.25, 0.3) is 0 Å². The maximum atomic E-state index is 12.2. The van der Waals surface area contributed by atoms with E-state index < -0.39 is 31.1 Å². The van der Waals surface area contributed by atoms with Crippen LogP contribution in [0.15, 0.2) is 82.3 Å². The second kappa shape index (κ2) is 15.1. The number of benzene rings is 2. The monoisotopic (exact) mass is 714 g/mol. The van der Waals surface area contributed by atoms with E-state index in [4.69, 9.17) is 0 Å². The van der Waals surface area contributed by atoms with Gasteiger partial charge in [-0.1, -0.05) is 38.5 Å². The molecule has 0 saturated carbocycles. The number of hydrogen-bond donors (Lipinski definition) is 4. The van der Waals surface area contributed by atoms with Crippen LogP contribution in [0, 0.1) is 0 Å². The Morgan fingerprint density at radius 3 is 2.18 bits per heavy atom. The first-order valence-corrected chi connectivity index (χ1v) is 19.5. The Balaban J connectivity index is 1.52. The number of nitrogens with zero attached hydrogens (tertiary/aromatic N) is 2. The summed E-state index contributed by atoms with van der Waals surface area (Å²) in [7, 11) is -4.78. The summed E-state index contributed by atoms with van der Waals surface area (Å²) in [5.74, 6) is 0.0670. The average molecular weight is 715 g/mol. The molecule has 2 aliphatic heterocycles. The van der Waals surface area contributed by atoms with Crippen molar-refractivity contribution in [2.45, 2.75) is 80.4 Å². The van der Waals surface area contributed by atoms with Crippen molar-refractivity contribution in [2.24, 2.45) is 0 Å². The minimum atomic E-state index is -4.38. The van der Waals surface area contributed by atoms with E-state index in [1.165, 1.54) is 18.2 Å². The fourth-order valence-corrected chi connectivity index (χ4v) is 7.76. The van der Waals surface area contributed by atoms with Gasteiger partial charge in [0.2, 0.25) is 11.6 Å². The van der Waals surface area contributed by atoms with Gasteiger partial charge >= 0.3 is 0 Å². The lowest BCUT2D eigenvalue weighted by molar-refractivity contribution is -0.626. The normalized spacial score (nSPS) is 17.8. The Labute approximate surface area is 291 Å². The minimum Gasteiger partial charge on any atom is -0.356 e. The van der Waals surface area contributed by atoms with Crippen molar-refractivity contribution < 1.29 is 40.6 Å². The number of allylic oxidation sites excluding steroid dienone is 6. The molecule has 2 heterocycles. The average Bonchev–Trinajstić information content (AvgIpc) is 3.35. The lowest BCUT2D eigenvalue weighted by Gasteiger charge is -2.27. The number of hydrogen-bond acceptors (Lipinski definition) is 6. The number of unbranched alkanes of at least 4 members (excludes halogenated alkanes) is 2. The van der Waals surface area contributed by atoms with Crippen molar-refractivity contribution in [3.05, 3.63) is 83.6 Å². The molecule has 49 heavy (non-hydrogen) atoms. The van der Waals surface area contributed by atoms with E-state index in [2.05, 4.69) is 15.5 Å². The van der Waals surface area contributed by atoms with Crippen LogP contribution in [-0.4, -0.2) is 75.9 Å². The second-order valence-corrected chi connectivity index (χ2v) is 16.5. The van der Waals surface area contributed by atoms with Crippen LogP contribution in [0.1, 0.15) is 70.9 Å². The Morgan fingerprint density at radius 2 is 1.53 bits per heavy atom. The second-order valence-electron chi connectivity index (χ2n) is 13.7. The predicted octanol–water partition coefficient (Wildman–Crippen LogP) is 4.24. The number of nitrogens with one attached hydrogen (secondary N) is 1. The largest absolute Gasteiger partial charge is 0.356 e. The zero-order valence-corrected chi connectivity index (χ0v) is 30.9. The van der Waals surface area contributed by atoms with Crippen LogP contribution in [0.3, 0.4) is 0 Å². The molecule has 0 bridgehead atoms. The molecule has 1 amide bonds. The number of amides is 1. The summed E-state index contributed by atoms with van der Waals surface area (Å²) >= 11 is 0. The smallest absolute Gasteiger partial charge is 0.294 e. The zero-order valence-electron chi connectivity index (χ0n) is 29.2. The molecule has 0 aromatic heterocycles. The van der Waals surface area contributed by atoms with Gasteiger partial charge in [0.25, 0.3) is 20.2 Å². The predicted molar refractivity (Wildman–Crippen MR) is 192 cm³/mol. The summed E-state index contributed by atoms with van der Waals surface area (Å²) in [5.41, 5.74) is 4.19. The van der Waals surface area contributed by atoms with E-state index in [9.17, 15) is 30.7 Å². The highest BCUT2D eigenvalue weighted by Crippen LogP contribution is 2.48. The van der Waals surface area contributed by atoms with Crippen LogP contribution in [-0.2, 0) is 35.9 Å². The number of rotatable bonds is 15. The van der Waals surface area contributed by atoms with E-state index in [1.54, 1.807) is 18.2 Å². The Morgan fingerprint density at radius 1 is 0.878 bits per heavy atom. The molecule has 0 unspecified atom stereocenters. The van der Waals surface area contributed by atoms with Crippen LogP contribution >= 0.6 is 0 Å². The third-order valence-corrected chi connectivity index (χ3v) is 11.2. The molecule has 2 aromatic carbocycles. The van der Waals surface area contributed by atoms with E-state index in [0.29, 0.717) is 19.5 Å². The third kappa shape index (κ3) is 8.58. The fourth-order valence-electron chi connectivity index (χ4n) is 6.74. The summed E-state index contributed by atoms with van der Waals surface area (Å²) < 4.78 is 68.9. The molecule has 0 atom stereocenters. The maximum Gasteiger partial charge on any atom is 0.294 e. The van der Waals surface area contributed by atoms with E-state index in [-0.39, 0.29) is 15.7 Å². The molecule has 2 aromatic rings.